The fraction of sp³-hybridized carbons (Fsp3) is 0.250. The van der Waals surface area contributed by atoms with Gasteiger partial charge in [0.15, 0.2) is 0 Å². The molecule has 0 saturated carbocycles. The predicted octanol–water partition coefficient (Wildman–Crippen LogP) is 4.43. The van der Waals surface area contributed by atoms with Crippen molar-refractivity contribution in [2.75, 3.05) is 20.3 Å². The van der Waals surface area contributed by atoms with Crippen molar-refractivity contribution in [1.29, 1.82) is 0 Å². The number of methoxy groups -OCH3 is 1. The van der Waals surface area contributed by atoms with Gasteiger partial charge < -0.3 is 19.8 Å². The highest BCUT2D eigenvalue weighted by molar-refractivity contribution is 6.02. The molecule has 3 aromatic heterocycles. The van der Waals surface area contributed by atoms with E-state index in [1.165, 1.54) is 6.42 Å². The second-order valence-electron chi connectivity index (χ2n) is 7.48. The van der Waals surface area contributed by atoms with Crippen LogP contribution in [-0.2, 0) is 0 Å². The molecule has 1 aliphatic heterocycles. The number of nitrogens with one attached hydrogen (secondary N) is 2. The highest BCUT2D eigenvalue weighted by atomic mass is 16.5. The van der Waals surface area contributed by atoms with Crippen molar-refractivity contribution in [3.63, 3.8) is 0 Å². The third-order valence-electron chi connectivity index (χ3n) is 5.57. The van der Waals surface area contributed by atoms with Gasteiger partial charge in [0, 0.05) is 29.6 Å². The summed E-state index contributed by atoms with van der Waals surface area (Å²) >= 11 is 0. The Balaban J connectivity index is 1.63. The molecule has 0 unspecified atom stereocenters. The Bertz CT molecular complexity index is 1160. The second kappa shape index (κ2) is 8.16. The molecule has 0 radical (unpaired) electrons. The SMILES string of the molecule is COc1cccc(-c2c(-c3ccncc3OC[C@@H]3CCCN3)[nH]c3cccnc23)c1. The Morgan fingerprint density at radius 1 is 1.13 bits per heavy atom. The van der Waals surface area contributed by atoms with Crippen molar-refractivity contribution >= 4 is 11.0 Å². The lowest BCUT2D eigenvalue weighted by molar-refractivity contribution is 0.277. The Hall–Kier alpha value is -3.38. The molecule has 6 nitrogen and oxygen atoms in total. The minimum atomic E-state index is 0.389. The van der Waals surface area contributed by atoms with E-state index in [1.54, 1.807) is 19.5 Å². The van der Waals surface area contributed by atoms with Crippen LogP contribution in [0.15, 0.2) is 61.1 Å². The molecule has 1 saturated heterocycles. The van der Waals surface area contributed by atoms with Gasteiger partial charge in [-0.1, -0.05) is 12.1 Å². The average molecular weight is 400 g/mol. The van der Waals surface area contributed by atoms with Gasteiger partial charge in [-0.3, -0.25) is 9.97 Å². The first-order valence-corrected chi connectivity index (χ1v) is 10.2. The van der Waals surface area contributed by atoms with E-state index >= 15 is 0 Å². The molecule has 0 spiro atoms. The van der Waals surface area contributed by atoms with Gasteiger partial charge in [-0.05, 0) is 55.3 Å². The van der Waals surface area contributed by atoms with E-state index in [9.17, 15) is 0 Å². The number of aromatic nitrogens is 3. The highest BCUT2D eigenvalue weighted by Gasteiger charge is 2.21. The number of H-pyrrole nitrogens is 1. The molecular formula is C24H24N4O2. The van der Waals surface area contributed by atoms with E-state index in [0.717, 1.165) is 57.9 Å². The quantitative estimate of drug-likeness (QED) is 0.501. The summed E-state index contributed by atoms with van der Waals surface area (Å²) in [6, 6.07) is 14.4. The van der Waals surface area contributed by atoms with Gasteiger partial charge in [0.1, 0.15) is 18.1 Å². The number of ether oxygens (including phenoxy) is 2. The summed E-state index contributed by atoms with van der Waals surface area (Å²) in [6.45, 7) is 1.69. The lowest BCUT2D eigenvalue weighted by atomic mass is 10.0. The molecule has 0 amide bonds. The van der Waals surface area contributed by atoms with Crippen LogP contribution in [0.1, 0.15) is 12.8 Å². The van der Waals surface area contributed by atoms with Gasteiger partial charge in [-0.25, -0.2) is 0 Å². The molecule has 1 aliphatic rings. The van der Waals surface area contributed by atoms with Gasteiger partial charge in [0.05, 0.1) is 30.0 Å². The van der Waals surface area contributed by atoms with Crippen LogP contribution < -0.4 is 14.8 Å². The van der Waals surface area contributed by atoms with Crippen LogP contribution in [0.2, 0.25) is 0 Å². The van der Waals surface area contributed by atoms with Crippen LogP contribution >= 0.6 is 0 Å². The fourth-order valence-electron chi connectivity index (χ4n) is 4.07. The number of benzene rings is 1. The number of hydrogen-bond acceptors (Lipinski definition) is 5. The average Bonchev–Trinajstić information content (AvgIpc) is 3.45. The maximum absolute atomic E-state index is 6.22. The number of pyridine rings is 2. The van der Waals surface area contributed by atoms with Crippen LogP contribution in [0.5, 0.6) is 11.5 Å². The van der Waals surface area contributed by atoms with Gasteiger partial charge in [-0.2, -0.15) is 0 Å². The molecule has 2 N–H and O–H groups in total. The van der Waals surface area contributed by atoms with Gasteiger partial charge >= 0.3 is 0 Å². The lowest BCUT2D eigenvalue weighted by Crippen LogP contribution is -2.28. The first kappa shape index (κ1) is 18.6. The Kier molecular flexibility index (Phi) is 5.07. The third-order valence-corrected chi connectivity index (χ3v) is 5.57. The minimum Gasteiger partial charge on any atom is -0.497 e. The number of rotatable bonds is 6. The molecule has 5 rings (SSSR count). The van der Waals surface area contributed by atoms with Crippen molar-refractivity contribution in [3.05, 3.63) is 61.1 Å². The lowest BCUT2D eigenvalue weighted by Gasteiger charge is -2.15. The van der Waals surface area contributed by atoms with Crippen LogP contribution in [0, 0.1) is 0 Å². The van der Waals surface area contributed by atoms with Gasteiger partial charge in [-0.15, -0.1) is 0 Å². The van der Waals surface area contributed by atoms with Crippen molar-refractivity contribution in [2.24, 2.45) is 0 Å². The molecule has 152 valence electrons. The Labute approximate surface area is 175 Å². The second-order valence-corrected chi connectivity index (χ2v) is 7.48. The number of fused-ring (bicyclic) bond motifs is 1. The Morgan fingerprint density at radius 2 is 2.10 bits per heavy atom. The third kappa shape index (κ3) is 3.50. The molecule has 4 heterocycles. The largest absolute Gasteiger partial charge is 0.497 e. The molecule has 6 heteroatoms. The summed E-state index contributed by atoms with van der Waals surface area (Å²) in [5.74, 6) is 1.57. The maximum atomic E-state index is 6.22. The minimum absolute atomic E-state index is 0.389. The monoisotopic (exact) mass is 400 g/mol. The summed E-state index contributed by atoms with van der Waals surface area (Å²) in [4.78, 5) is 12.5. The summed E-state index contributed by atoms with van der Waals surface area (Å²) in [5.41, 5.74) is 5.90. The fourth-order valence-corrected chi connectivity index (χ4v) is 4.07. The molecule has 1 fully saturated rings. The molecule has 1 atom stereocenters. The van der Waals surface area contributed by atoms with E-state index in [1.807, 2.05) is 42.6 Å². The maximum Gasteiger partial charge on any atom is 0.146 e. The van der Waals surface area contributed by atoms with Crippen molar-refractivity contribution in [1.82, 2.24) is 20.3 Å². The highest BCUT2D eigenvalue weighted by Crippen LogP contribution is 2.41. The van der Waals surface area contributed by atoms with E-state index in [4.69, 9.17) is 9.47 Å². The van der Waals surface area contributed by atoms with Gasteiger partial charge in [0.25, 0.3) is 0 Å². The molecule has 0 bridgehead atoms. The summed E-state index contributed by atoms with van der Waals surface area (Å²) < 4.78 is 11.7. The summed E-state index contributed by atoms with van der Waals surface area (Å²) in [6.07, 6.45) is 7.74. The molecular weight excluding hydrogens is 376 g/mol. The summed E-state index contributed by atoms with van der Waals surface area (Å²) in [5, 5.41) is 3.48. The van der Waals surface area contributed by atoms with Crippen LogP contribution in [0.4, 0.5) is 0 Å². The molecule has 4 aromatic rings. The zero-order valence-electron chi connectivity index (χ0n) is 16.9. The van der Waals surface area contributed by atoms with Crippen molar-refractivity contribution in [2.45, 2.75) is 18.9 Å². The number of nitrogens with zero attached hydrogens (tertiary/aromatic N) is 2. The standard InChI is InChI=1S/C24H24N4O2/c1-29-18-7-2-5-16(13-18)22-23(28-20-8-4-11-27-24(20)22)19-9-12-25-14-21(19)30-15-17-6-3-10-26-17/h2,4-5,7-9,11-14,17,26,28H,3,6,10,15H2,1H3/t17-/m0/s1. The first-order valence-electron chi connectivity index (χ1n) is 10.2. The van der Waals surface area contributed by atoms with Crippen LogP contribution in [-0.4, -0.2) is 41.3 Å². The Morgan fingerprint density at radius 3 is 2.97 bits per heavy atom. The van der Waals surface area contributed by atoms with E-state index in [2.05, 4.69) is 26.3 Å². The predicted molar refractivity (Wildman–Crippen MR) is 118 cm³/mol. The zero-order valence-corrected chi connectivity index (χ0v) is 16.9. The number of hydrogen-bond donors (Lipinski definition) is 2. The molecule has 1 aromatic carbocycles. The normalized spacial score (nSPS) is 16.1. The molecule has 30 heavy (non-hydrogen) atoms. The number of aromatic amines is 1. The van der Waals surface area contributed by atoms with E-state index in [0.29, 0.717) is 12.6 Å². The van der Waals surface area contributed by atoms with Crippen molar-refractivity contribution in [3.8, 4) is 33.9 Å². The van der Waals surface area contributed by atoms with E-state index < -0.39 is 0 Å². The summed E-state index contributed by atoms with van der Waals surface area (Å²) in [7, 11) is 1.68. The topological polar surface area (TPSA) is 72.1 Å². The van der Waals surface area contributed by atoms with Gasteiger partial charge in [0.2, 0.25) is 0 Å². The zero-order chi connectivity index (χ0) is 20.3. The molecule has 0 aliphatic carbocycles. The van der Waals surface area contributed by atoms with E-state index in [-0.39, 0.29) is 0 Å². The smallest absolute Gasteiger partial charge is 0.146 e. The van der Waals surface area contributed by atoms with Crippen LogP contribution in [0.3, 0.4) is 0 Å². The van der Waals surface area contributed by atoms with Crippen LogP contribution in [0.25, 0.3) is 33.4 Å². The van der Waals surface area contributed by atoms with Crippen molar-refractivity contribution < 1.29 is 9.47 Å². The first-order chi connectivity index (χ1) is 14.8.